The minimum atomic E-state index is -0.515. The van der Waals surface area contributed by atoms with Crippen molar-refractivity contribution in [3.63, 3.8) is 0 Å². The molecule has 1 aliphatic heterocycles. The second-order valence-electron chi connectivity index (χ2n) is 8.88. The number of methoxy groups -OCH3 is 1. The smallest absolute Gasteiger partial charge is 0.322 e. The standard InChI is InChI=1S/C25H29N3O3/c1-25(2)15-19-22(21(29)16-25)23(17-9-5-4-6-10-17)28(24(30)26-13-14-31-3)20-12-8-7-11-18(20)27-19/h4-12,23,27H,13-16H2,1-3H3,(H,26,30)/t23-/m0/s1. The van der Waals surface area contributed by atoms with Crippen molar-refractivity contribution in [3.8, 4) is 0 Å². The lowest BCUT2D eigenvalue weighted by Crippen LogP contribution is -2.45. The number of ether oxygens (including phenoxy) is 1. The van der Waals surface area contributed by atoms with E-state index in [-0.39, 0.29) is 17.2 Å². The number of Topliss-reactive ketones (excluding diaryl/α,β-unsaturated/α-hetero) is 1. The summed E-state index contributed by atoms with van der Waals surface area (Å²) < 4.78 is 5.10. The van der Waals surface area contributed by atoms with Gasteiger partial charge in [0.25, 0.3) is 0 Å². The number of anilines is 2. The number of carbonyl (C=O) groups is 2. The Kier molecular flexibility index (Phi) is 5.83. The Balaban J connectivity index is 1.91. The number of nitrogens with one attached hydrogen (secondary N) is 2. The number of rotatable bonds is 4. The molecule has 0 unspecified atom stereocenters. The molecule has 2 aromatic carbocycles. The highest BCUT2D eigenvalue weighted by Gasteiger charge is 2.43. The van der Waals surface area contributed by atoms with Gasteiger partial charge in [0.15, 0.2) is 5.78 Å². The van der Waals surface area contributed by atoms with Crippen LogP contribution in [0.3, 0.4) is 0 Å². The van der Waals surface area contributed by atoms with Crippen LogP contribution in [0.1, 0.15) is 38.3 Å². The molecule has 1 atom stereocenters. The summed E-state index contributed by atoms with van der Waals surface area (Å²) in [5, 5.41) is 6.46. The van der Waals surface area contributed by atoms with Gasteiger partial charge in [-0.3, -0.25) is 9.69 Å². The highest BCUT2D eigenvalue weighted by molar-refractivity contribution is 6.06. The molecule has 31 heavy (non-hydrogen) atoms. The summed E-state index contributed by atoms with van der Waals surface area (Å²) >= 11 is 0. The normalized spacial score (nSPS) is 19.8. The Bertz CT molecular complexity index is 1010. The van der Waals surface area contributed by atoms with E-state index in [9.17, 15) is 9.59 Å². The van der Waals surface area contributed by atoms with Gasteiger partial charge in [-0.15, -0.1) is 0 Å². The second kappa shape index (κ2) is 8.55. The van der Waals surface area contributed by atoms with Crippen molar-refractivity contribution in [3.05, 3.63) is 71.4 Å². The molecule has 4 rings (SSSR count). The van der Waals surface area contributed by atoms with Gasteiger partial charge < -0.3 is 15.4 Å². The largest absolute Gasteiger partial charge is 0.383 e. The molecule has 1 aliphatic carbocycles. The number of hydrogen-bond donors (Lipinski definition) is 2. The molecule has 0 bridgehead atoms. The molecule has 0 saturated carbocycles. The Morgan fingerprint density at radius 3 is 2.58 bits per heavy atom. The van der Waals surface area contributed by atoms with Crippen LogP contribution in [-0.2, 0) is 9.53 Å². The van der Waals surface area contributed by atoms with Crippen LogP contribution in [0.15, 0.2) is 65.9 Å². The van der Waals surface area contributed by atoms with E-state index in [1.807, 2.05) is 54.6 Å². The summed E-state index contributed by atoms with van der Waals surface area (Å²) in [5.41, 5.74) is 3.89. The van der Waals surface area contributed by atoms with Crippen LogP contribution in [0.4, 0.5) is 16.2 Å². The summed E-state index contributed by atoms with van der Waals surface area (Å²) in [6, 6.07) is 16.7. The first-order valence-electron chi connectivity index (χ1n) is 10.6. The molecule has 2 amide bonds. The third kappa shape index (κ3) is 4.21. The van der Waals surface area contributed by atoms with E-state index in [1.54, 1.807) is 12.0 Å². The van der Waals surface area contributed by atoms with Gasteiger partial charge in [0.2, 0.25) is 0 Å². The van der Waals surface area contributed by atoms with Crippen LogP contribution >= 0.6 is 0 Å². The molecule has 2 N–H and O–H groups in total. The SMILES string of the molecule is COCCNC(=O)N1c2ccccc2NC2=C(C(=O)CC(C)(C)C2)[C@@H]1c1ccccc1. The first kappa shape index (κ1) is 21.1. The van der Waals surface area contributed by atoms with Crippen LogP contribution in [0, 0.1) is 5.41 Å². The van der Waals surface area contributed by atoms with E-state index >= 15 is 0 Å². The fourth-order valence-electron chi connectivity index (χ4n) is 4.51. The zero-order valence-electron chi connectivity index (χ0n) is 18.3. The van der Waals surface area contributed by atoms with Crippen molar-refractivity contribution < 1.29 is 14.3 Å². The van der Waals surface area contributed by atoms with E-state index in [1.165, 1.54) is 0 Å². The second-order valence-corrected chi connectivity index (χ2v) is 8.88. The zero-order chi connectivity index (χ0) is 22.0. The maximum Gasteiger partial charge on any atom is 0.322 e. The Morgan fingerprint density at radius 2 is 1.84 bits per heavy atom. The van der Waals surface area contributed by atoms with Gasteiger partial charge in [0, 0.05) is 31.3 Å². The summed E-state index contributed by atoms with van der Waals surface area (Å²) in [6.45, 7) is 5.02. The van der Waals surface area contributed by atoms with Gasteiger partial charge in [-0.25, -0.2) is 4.79 Å². The van der Waals surface area contributed by atoms with Gasteiger partial charge >= 0.3 is 6.03 Å². The fraction of sp³-hybridized carbons (Fsp3) is 0.360. The molecule has 0 saturated heterocycles. The highest BCUT2D eigenvalue weighted by Crippen LogP contribution is 2.48. The minimum Gasteiger partial charge on any atom is -0.383 e. The first-order valence-corrected chi connectivity index (χ1v) is 10.6. The predicted octanol–water partition coefficient (Wildman–Crippen LogP) is 4.66. The molecule has 162 valence electrons. The number of amides is 2. The van der Waals surface area contributed by atoms with E-state index in [0.29, 0.717) is 25.1 Å². The molecule has 0 spiro atoms. The van der Waals surface area contributed by atoms with Crippen molar-refractivity contribution in [1.82, 2.24) is 5.32 Å². The molecule has 2 aliphatic rings. The topological polar surface area (TPSA) is 70.7 Å². The van der Waals surface area contributed by atoms with E-state index < -0.39 is 6.04 Å². The van der Waals surface area contributed by atoms with E-state index in [0.717, 1.165) is 29.1 Å². The Hall–Kier alpha value is -3.12. The quantitative estimate of drug-likeness (QED) is 0.707. The summed E-state index contributed by atoms with van der Waals surface area (Å²) in [5.74, 6) is 0.0788. The molecule has 6 heteroatoms. The molecule has 0 aromatic heterocycles. The van der Waals surface area contributed by atoms with Gasteiger partial charge in [0.05, 0.1) is 24.0 Å². The molecule has 0 fully saturated rings. The number of nitrogens with zero attached hydrogens (tertiary/aromatic N) is 1. The van der Waals surface area contributed by atoms with Gasteiger partial charge in [-0.05, 0) is 29.5 Å². The monoisotopic (exact) mass is 419 g/mol. The number of allylic oxidation sites excluding steroid dienone is 1. The predicted molar refractivity (Wildman–Crippen MR) is 122 cm³/mol. The third-order valence-corrected chi connectivity index (χ3v) is 5.82. The lowest BCUT2D eigenvalue weighted by Gasteiger charge is -2.37. The first-order chi connectivity index (χ1) is 14.9. The highest BCUT2D eigenvalue weighted by atomic mass is 16.5. The maximum absolute atomic E-state index is 13.5. The van der Waals surface area contributed by atoms with Crippen LogP contribution in [0.2, 0.25) is 0 Å². The molecule has 0 radical (unpaired) electrons. The molecular weight excluding hydrogens is 390 g/mol. The average molecular weight is 420 g/mol. The number of urea groups is 1. The third-order valence-electron chi connectivity index (χ3n) is 5.82. The number of fused-ring (bicyclic) bond motifs is 1. The number of para-hydroxylation sites is 2. The van der Waals surface area contributed by atoms with Gasteiger partial charge in [-0.2, -0.15) is 0 Å². The maximum atomic E-state index is 13.5. The molecule has 1 heterocycles. The lowest BCUT2D eigenvalue weighted by molar-refractivity contribution is -0.118. The molecular formula is C25H29N3O3. The summed E-state index contributed by atoms with van der Waals surface area (Å²) in [4.78, 5) is 28.7. The van der Waals surface area contributed by atoms with Crippen molar-refractivity contribution in [1.29, 1.82) is 0 Å². The number of benzene rings is 2. The van der Waals surface area contributed by atoms with E-state index in [4.69, 9.17) is 4.74 Å². The number of carbonyl (C=O) groups excluding carboxylic acids is 2. The van der Waals surface area contributed by atoms with Crippen LogP contribution < -0.4 is 15.5 Å². The van der Waals surface area contributed by atoms with Crippen LogP contribution in [0.5, 0.6) is 0 Å². The summed E-state index contributed by atoms with van der Waals surface area (Å²) in [6.07, 6.45) is 1.19. The van der Waals surface area contributed by atoms with Crippen molar-refractivity contribution in [2.45, 2.75) is 32.7 Å². The van der Waals surface area contributed by atoms with Crippen molar-refractivity contribution >= 4 is 23.2 Å². The number of hydrogen-bond acceptors (Lipinski definition) is 4. The Morgan fingerprint density at radius 1 is 1.13 bits per heavy atom. The van der Waals surface area contributed by atoms with Crippen molar-refractivity contribution in [2.75, 3.05) is 30.5 Å². The van der Waals surface area contributed by atoms with Crippen LogP contribution in [0.25, 0.3) is 0 Å². The van der Waals surface area contributed by atoms with E-state index in [2.05, 4.69) is 24.5 Å². The van der Waals surface area contributed by atoms with Crippen LogP contribution in [-0.4, -0.2) is 32.1 Å². The summed E-state index contributed by atoms with van der Waals surface area (Å²) in [7, 11) is 1.60. The fourth-order valence-corrected chi connectivity index (χ4v) is 4.51. The lowest BCUT2D eigenvalue weighted by atomic mass is 9.73. The van der Waals surface area contributed by atoms with Gasteiger partial charge in [-0.1, -0.05) is 56.3 Å². The van der Waals surface area contributed by atoms with Crippen molar-refractivity contribution in [2.24, 2.45) is 5.41 Å². The zero-order valence-corrected chi connectivity index (χ0v) is 18.3. The Labute approximate surface area is 183 Å². The minimum absolute atomic E-state index is 0.0788. The number of ketones is 1. The average Bonchev–Trinajstić information content (AvgIpc) is 2.88. The molecule has 6 nitrogen and oxygen atoms in total. The molecule has 2 aromatic rings. The van der Waals surface area contributed by atoms with Gasteiger partial charge in [0.1, 0.15) is 0 Å².